The van der Waals surface area contributed by atoms with Crippen LogP contribution in [-0.2, 0) is 19.0 Å². The second kappa shape index (κ2) is 18.5. The van der Waals surface area contributed by atoms with Gasteiger partial charge >= 0.3 is 5.97 Å². The lowest BCUT2D eigenvalue weighted by molar-refractivity contribution is -0.312. The molecule has 1 fully saturated rings. The Labute approximate surface area is 199 Å². The number of rotatable bonds is 19. The van der Waals surface area contributed by atoms with Crippen molar-refractivity contribution in [1.29, 1.82) is 0 Å². The average Bonchev–Trinajstić information content (AvgIpc) is 2.82. The lowest BCUT2D eigenvalue weighted by Crippen LogP contribution is -2.59. The van der Waals surface area contributed by atoms with Crippen LogP contribution < -0.4 is 0 Å². The zero-order valence-electron chi connectivity index (χ0n) is 20.7. The molecule has 1 unspecified atom stereocenters. The molecule has 0 aromatic rings. The van der Waals surface area contributed by atoms with Gasteiger partial charge in [0.2, 0.25) is 0 Å². The fraction of sp³-hybridized carbons (Fsp3) is 0.960. The largest absolute Gasteiger partial charge is 0.469 e. The lowest BCUT2D eigenvalue weighted by atomic mass is 9.98. The highest BCUT2D eigenvalue weighted by Crippen LogP contribution is 2.26. The van der Waals surface area contributed by atoms with Crippen molar-refractivity contribution in [3.8, 4) is 0 Å². The van der Waals surface area contributed by atoms with E-state index in [1.165, 1.54) is 26.4 Å². The van der Waals surface area contributed by atoms with E-state index in [0.717, 1.165) is 70.6 Å². The van der Waals surface area contributed by atoms with Gasteiger partial charge in [0.25, 0.3) is 0 Å². The summed E-state index contributed by atoms with van der Waals surface area (Å²) in [5.41, 5.74) is 0. The molecule has 1 aliphatic rings. The highest BCUT2D eigenvalue weighted by Gasteiger charge is 2.44. The minimum absolute atomic E-state index is 0.0957. The molecule has 1 heterocycles. The van der Waals surface area contributed by atoms with E-state index >= 15 is 0 Å². The van der Waals surface area contributed by atoms with Crippen molar-refractivity contribution in [2.75, 3.05) is 13.7 Å². The van der Waals surface area contributed by atoms with Crippen LogP contribution >= 0.6 is 0 Å². The third-order valence-corrected chi connectivity index (χ3v) is 6.44. The summed E-state index contributed by atoms with van der Waals surface area (Å²) in [6.45, 7) is 1.72. The Kier molecular flexibility index (Phi) is 17.0. The van der Waals surface area contributed by atoms with Gasteiger partial charge in [0, 0.05) is 6.42 Å². The number of aliphatic hydroxyl groups excluding tert-OH is 4. The maximum atomic E-state index is 11.1. The molecule has 0 aliphatic carbocycles. The third kappa shape index (κ3) is 12.5. The molecule has 196 valence electrons. The Morgan fingerprint density at radius 3 is 1.91 bits per heavy atom. The van der Waals surface area contributed by atoms with Crippen molar-refractivity contribution in [2.24, 2.45) is 0 Å². The second-order valence-electron chi connectivity index (χ2n) is 9.25. The van der Waals surface area contributed by atoms with Gasteiger partial charge in [0.15, 0.2) is 6.29 Å². The molecule has 6 atom stereocenters. The average molecular weight is 477 g/mol. The summed E-state index contributed by atoms with van der Waals surface area (Å²) >= 11 is 0. The van der Waals surface area contributed by atoms with Crippen LogP contribution in [0, 0.1) is 0 Å². The first-order valence-electron chi connectivity index (χ1n) is 13.0. The van der Waals surface area contributed by atoms with E-state index < -0.39 is 37.3 Å². The summed E-state index contributed by atoms with van der Waals surface area (Å²) in [4.78, 5) is 11.1. The van der Waals surface area contributed by atoms with Crippen molar-refractivity contribution < 1.29 is 39.4 Å². The van der Waals surface area contributed by atoms with Crippen LogP contribution in [0.4, 0.5) is 0 Å². The Morgan fingerprint density at radius 1 is 0.818 bits per heavy atom. The van der Waals surface area contributed by atoms with E-state index in [1.807, 2.05) is 0 Å². The minimum Gasteiger partial charge on any atom is -0.469 e. The molecule has 1 aliphatic heterocycles. The zero-order chi connectivity index (χ0) is 24.5. The smallest absolute Gasteiger partial charge is 0.305 e. The molecule has 0 bridgehead atoms. The molecular weight excluding hydrogens is 428 g/mol. The molecule has 33 heavy (non-hydrogen) atoms. The summed E-state index contributed by atoms with van der Waals surface area (Å²) in [6, 6.07) is 0. The van der Waals surface area contributed by atoms with Crippen LogP contribution in [0.25, 0.3) is 0 Å². The zero-order valence-corrected chi connectivity index (χ0v) is 20.7. The highest BCUT2D eigenvalue weighted by atomic mass is 16.7. The van der Waals surface area contributed by atoms with Gasteiger partial charge in [-0.15, -0.1) is 0 Å². The van der Waals surface area contributed by atoms with Crippen molar-refractivity contribution in [2.45, 2.75) is 140 Å². The number of carbonyl (C=O) groups is 1. The third-order valence-electron chi connectivity index (χ3n) is 6.44. The predicted molar refractivity (Wildman–Crippen MR) is 126 cm³/mol. The van der Waals surface area contributed by atoms with E-state index in [1.54, 1.807) is 0 Å². The molecule has 0 aromatic carbocycles. The lowest BCUT2D eigenvalue weighted by Gasteiger charge is -2.41. The van der Waals surface area contributed by atoms with Gasteiger partial charge in [-0.25, -0.2) is 0 Å². The summed E-state index contributed by atoms with van der Waals surface area (Å²) in [5.74, 6) is -0.134. The second-order valence-corrected chi connectivity index (χ2v) is 9.25. The van der Waals surface area contributed by atoms with Crippen molar-refractivity contribution in [3.63, 3.8) is 0 Å². The molecule has 0 spiro atoms. The fourth-order valence-corrected chi connectivity index (χ4v) is 4.25. The fourth-order valence-electron chi connectivity index (χ4n) is 4.25. The monoisotopic (exact) mass is 476 g/mol. The van der Waals surface area contributed by atoms with Gasteiger partial charge in [0.1, 0.15) is 24.4 Å². The van der Waals surface area contributed by atoms with Gasteiger partial charge in [-0.1, -0.05) is 77.6 Å². The molecule has 8 nitrogen and oxygen atoms in total. The van der Waals surface area contributed by atoms with Crippen LogP contribution in [0.3, 0.4) is 0 Å². The van der Waals surface area contributed by atoms with Crippen molar-refractivity contribution in [3.05, 3.63) is 0 Å². The molecule has 1 saturated heterocycles. The number of carbonyl (C=O) groups excluding carboxylic acids is 1. The first kappa shape index (κ1) is 30.3. The summed E-state index contributed by atoms with van der Waals surface area (Å²) < 4.78 is 16.2. The van der Waals surface area contributed by atoms with E-state index in [9.17, 15) is 25.2 Å². The highest BCUT2D eigenvalue weighted by molar-refractivity contribution is 5.68. The first-order chi connectivity index (χ1) is 15.9. The molecule has 1 rings (SSSR count). The quantitative estimate of drug-likeness (QED) is 0.165. The Morgan fingerprint density at radius 2 is 1.36 bits per heavy atom. The van der Waals surface area contributed by atoms with E-state index in [2.05, 4.69) is 11.7 Å². The van der Waals surface area contributed by atoms with Crippen LogP contribution in [0.2, 0.25) is 0 Å². The van der Waals surface area contributed by atoms with E-state index in [-0.39, 0.29) is 12.1 Å². The molecule has 0 radical (unpaired) electrons. The van der Waals surface area contributed by atoms with Gasteiger partial charge in [-0.05, 0) is 19.3 Å². The maximum absolute atomic E-state index is 11.1. The van der Waals surface area contributed by atoms with Crippen molar-refractivity contribution >= 4 is 5.97 Å². The SMILES string of the molecule is CCCCCCC(CCCCCCCCCCC(=O)OC)O[C@H]1O[C@H](CO)[C@@H](O)[C@H](O)[C@H]1O. The van der Waals surface area contributed by atoms with Crippen LogP contribution in [0.5, 0.6) is 0 Å². The Balaban J connectivity index is 2.33. The molecule has 8 heteroatoms. The van der Waals surface area contributed by atoms with Gasteiger partial charge < -0.3 is 34.6 Å². The number of esters is 1. The summed E-state index contributed by atoms with van der Waals surface area (Å²) in [7, 11) is 1.42. The minimum atomic E-state index is -1.41. The Hall–Kier alpha value is -0.770. The molecule has 0 aromatic heterocycles. The van der Waals surface area contributed by atoms with Crippen LogP contribution in [0.15, 0.2) is 0 Å². The van der Waals surface area contributed by atoms with Crippen LogP contribution in [-0.4, -0.2) is 76.9 Å². The number of hydrogen-bond donors (Lipinski definition) is 4. The normalized spacial score (nSPS) is 26.3. The maximum Gasteiger partial charge on any atom is 0.305 e. The predicted octanol–water partition coefficient (Wildman–Crippen LogP) is 3.22. The van der Waals surface area contributed by atoms with E-state index in [4.69, 9.17) is 9.47 Å². The number of methoxy groups -OCH3 is 1. The van der Waals surface area contributed by atoms with Crippen LogP contribution in [0.1, 0.15) is 103 Å². The number of hydrogen-bond acceptors (Lipinski definition) is 8. The van der Waals surface area contributed by atoms with Gasteiger partial charge in [-0.3, -0.25) is 4.79 Å². The summed E-state index contributed by atoms with van der Waals surface area (Å²) in [6.07, 6.45) is 9.17. The number of ether oxygens (including phenoxy) is 3. The summed E-state index contributed by atoms with van der Waals surface area (Å²) in [5, 5.41) is 39.7. The topological polar surface area (TPSA) is 126 Å². The first-order valence-corrected chi connectivity index (χ1v) is 13.0. The molecule has 4 N–H and O–H groups in total. The number of unbranched alkanes of at least 4 members (excludes halogenated alkanes) is 10. The van der Waals surface area contributed by atoms with E-state index in [0.29, 0.717) is 6.42 Å². The molecule has 0 amide bonds. The molecule has 0 saturated carbocycles. The van der Waals surface area contributed by atoms with Gasteiger partial charge in [-0.2, -0.15) is 0 Å². The Bertz CT molecular complexity index is 487. The number of aliphatic hydroxyl groups is 4. The molecular formula is C25H48O8. The standard InChI is InChI=1S/C25H48O8/c1-3-4-5-12-15-19(32-25-24(30)23(29)22(28)20(18-26)33-25)16-13-10-8-6-7-9-11-14-17-21(27)31-2/h19-20,22-26,28-30H,3-18H2,1-2H3/t19?,20-,22-,23+,24-,25+/m1/s1. The van der Waals surface area contributed by atoms with Crippen molar-refractivity contribution in [1.82, 2.24) is 0 Å². The van der Waals surface area contributed by atoms with Gasteiger partial charge in [0.05, 0.1) is 19.8 Å².